The molecule has 5 heteroatoms. The Morgan fingerprint density at radius 1 is 1.33 bits per heavy atom. The molecule has 0 saturated carbocycles. The second-order valence-corrected chi connectivity index (χ2v) is 5.66. The molecule has 1 aromatic carbocycles. The molecule has 2 atom stereocenters. The Kier molecular flexibility index (Phi) is 2.92. The van der Waals surface area contributed by atoms with Gasteiger partial charge in [0.1, 0.15) is 5.56 Å². The lowest BCUT2D eigenvalue weighted by Gasteiger charge is -2.31. The van der Waals surface area contributed by atoms with Crippen molar-refractivity contribution >= 4 is 16.8 Å². The summed E-state index contributed by atoms with van der Waals surface area (Å²) in [6.45, 7) is 3.79. The van der Waals surface area contributed by atoms with E-state index in [-0.39, 0.29) is 16.9 Å². The van der Waals surface area contributed by atoms with Gasteiger partial charge in [0.25, 0.3) is 5.91 Å². The van der Waals surface area contributed by atoms with Gasteiger partial charge >= 0.3 is 0 Å². The maximum atomic E-state index is 12.6. The number of aryl methyl sites for hydroxylation is 1. The fraction of sp³-hybridized carbons (Fsp3) is 0.375. The normalized spacial score (nSPS) is 22.2. The summed E-state index contributed by atoms with van der Waals surface area (Å²) < 4.78 is 1.75. The maximum Gasteiger partial charge on any atom is 0.259 e. The van der Waals surface area contributed by atoms with Crippen LogP contribution in [-0.2, 0) is 12.8 Å². The average Bonchev–Trinajstić information content (AvgIpc) is 2.76. The van der Waals surface area contributed by atoms with E-state index < -0.39 is 11.6 Å². The Balaban J connectivity index is 2.46. The number of pyridine rings is 1. The number of aliphatic hydroxyl groups is 1. The van der Waals surface area contributed by atoms with Crippen molar-refractivity contribution in [3.63, 3.8) is 0 Å². The van der Waals surface area contributed by atoms with Crippen LogP contribution in [0.25, 0.3) is 10.9 Å². The van der Waals surface area contributed by atoms with Gasteiger partial charge in [-0.25, -0.2) is 0 Å². The van der Waals surface area contributed by atoms with E-state index in [0.29, 0.717) is 23.0 Å². The summed E-state index contributed by atoms with van der Waals surface area (Å²) in [6, 6.07) is 7.12. The molecule has 1 aliphatic heterocycles. The van der Waals surface area contributed by atoms with E-state index in [0.717, 1.165) is 0 Å². The predicted molar refractivity (Wildman–Crippen MR) is 80.0 cm³/mol. The molecule has 0 saturated heterocycles. The molecule has 1 aromatic heterocycles. The Morgan fingerprint density at radius 3 is 2.67 bits per heavy atom. The number of carbonyl (C=O) groups is 1. The minimum absolute atomic E-state index is 0.0546. The Bertz CT molecular complexity index is 809. The van der Waals surface area contributed by atoms with Crippen molar-refractivity contribution in [3.8, 4) is 0 Å². The van der Waals surface area contributed by atoms with Crippen LogP contribution in [0.3, 0.4) is 0 Å². The number of nitrogens with zero attached hydrogens (tertiary/aromatic N) is 1. The van der Waals surface area contributed by atoms with Crippen LogP contribution in [0.5, 0.6) is 0 Å². The molecule has 3 rings (SSSR count). The molecular formula is C16H18N2O3. The summed E-state index contributed by atoms with van der Waals surface area (Å²) in [6.07, 6.45) is 0.678. The zero-order chi connectivity index (χ0) is 15.4. The SMILES string of the molecule is CC[C@@H](C)[C@@]1(O)NC(=O)c2c1n(C)c1ccccc1c2=O. The van der Waals surface area contributed by atoms with E-state index in [1.807, 2.05) is 26.0 Å². The van der Waals surface area contributed by atoms with E-state index in [2.05, 4.69) is 5.32 Å². The minimum Gasteiger partial charge on any atom is -0.365 e. The van der Waals surface area contributed by atoms with Crippen molar-refractivity contribution in [1.82, 2.24) is 9.88 Å². The van der Waals surface area contributed by atoms with Gasteiger partial charge in [-0.3, -0.25) is 9.59 Å². The number of amides is 1. The number of nitrogens with one attached hydrogen (secondary N) is 1. The largest absolute Gasteiger partial charge is 0.365 e. The number of carbonyl (C=O) groups excluding carboxylic acids is 1. The molecule has 5 nitrogen and oxygen atoms in total. The quantitative estimate of drug-likeness (QED) is 0.878. The summed E-state index contributed by atoms with van der Waals surface area (Å²) in [5.74, 6) is -0.700. The lowest BCUT2D eigenvalue weighted by molar-refractivity contribution is -0.0414. The van der Waals surface area contributed by atoms with Crippen molar-refractivity contribution < 1.29 is 9.90 Å². The van der Waals surface area contributed by atoms with Gasteiger partial charge in [-0.05, 0) is 18.6 Å². The molecular weight excluding hydrogens is 268 g/mol. The molecule has 0 unspecified atom stereocenters. The fourth-order valence-electron chi connectivity index (χ4n) is 3.09. The molecule has 0 bridgehead atoms. The highest BCUT2D eigenvalue weighted by molar-refractivity contribution is 6.02. The van der Waals surface area contributed by atoms with Crippen LogP contribution < -0.4 is 10.7 Å². The second kappa shape index (κ2) is 4.43. The van der Waals surface area contributed by atoms with Crippen molar-refractivity contribution in [2.24, 2.45) is 13.0 Å². The first kappa shape index (κ1) is 13.8. The van der Waals surface area contributed by atoms with E-state index in [9.17, 15) is 14.7 Å². The molecule has 0 fully saturated rings. The van der Waals surface area contributed by atoms with Gasteiger partial charge in [-0.2, -0.15) is 0 Å². The number of rotatable bonds is 2. The molecule has 21 heavy (non-hydrogen) atoms. The number of hydrogen-bond donors (Lipinski definition) is 2. The molecule has 0 aliphatic carbocycles. The summed E-state index contributed by atoms with van der Waals surface area (Å²) in [7, 11) is 1.77. The standard InChI is InChI=1S/C16H18N2O3/c1-4-9(2)16(21)14-12(15(20)17-16)13(19)10-7-5-6-8-11(10)18(14)3/h5-9,21H,4H2,1-3H3,(H,17,20)/t9-,16+/m1/s1. The molecule has 110 valence electrons. The van der Waals surface area contributed by atoms with Gasteiger partial charge in [-0.1, -0.05) is 26.0 Å². The van der Waals surface area contributed by atoms with Crippen molar-refractivity contribution in [2.45, 2.75) is 26.0 Å². The Hall–Kier alpha value is -2.14. The van der Waals surface area contributed by atoms with E-state index in [1.54, 1.807) is 23.7 Å². The zero-order valence-electron chi connectivity index (χ0n) is 12.3. The van der Waals surface area contributed by atoms with Crippen LogP contribution in [0, 0.1) is 5.92 Å². The van der Waals surface area contributed by atoms with Crippen LogP contribution in [0.15, 0.2) is 29.1 Å². The number of hydrogen-bond acceptors (Lipinski definition) is 3. The Labute approximate surface area is 122 Å². The third-order valence-corrected chi connectivity index (χ3v) is 4.53. The average molecular weight is 286 g/mol. The number of fused-ring (bicyclic) bond motifs is 2. The van der Waals surface area contributed by atoms with Gasteiger partial charge < -0.3 is 15.0 Å². The first-order chi connectivity index (χ1) is 9.91. The lowest BCUT2D eigenvalue weighted by atomic mass is 9.91. The highest BCUT2D eigenvalue weighted by atomic mass is 16.3. The third kappa shape index (κ3) is 1.67. The smallest absolute Gasteiger partial charge is 0.259 e. The first-order valence-electron chi connectivity index (χ1n) is 7.09. The van der Waals surface area contributed by atoms with Crippen molar-refractivity contribution in [3.05, 3.63) is 45.7 Å². The van der Waals surface area contributed by atoms with Crippen LogP contribution in [0.1, 0.15) is 36.3 Å². The van der Waals surface area contributed by atoms with Crippen LogP contribution >= 0.6 is 0 Å². The topological polar surface area (TPSA) is 71.3 Å². The number of aromatic nitrogens is 1. The zero-order valence-corrected chi connectivity index (χ0v) is 12.3. The van der Waals surface area contributed by atoms with Gasteiger partial charge in [0.15, 0.2) is 5.72 Å². The highest BCUT2D eigenvalue weighted by Crippen LogP contribution is 2.36. The summed E-state index contributed by atoms with van der Waals surface area (Å²) in [4.78, 5) is 24.8. The molecule has 0 spiro atoms. The third-order valence-electron chi connectivity index (χ3n) is 4.53. The van der Waals surface area contributed by atoms with Crippen molar-refractivity contribution in [2.75, 3.05) is 0 Å². The van der Waals surface area contributed by atoms with Gasteiger partial charge in [0.2, 0.25) is 5.43 Å². The molecule has 2 heterocycles. The lowest BCUT2D eigenvalue weighted by Crippen LogP contribution is -2.45. The summed E-state index contributed by atoms with van der Waals surface area (Å²) >= 11 is 0. The minimum atomic E-state index is -1.50. The first-order valence-corrected chi connectivity index (χ1v) is 7.09. The van der Waals surface area contributed by atoms with Gasteiger partial charge in [-0.15, -0.1) is 0 Å². The monoisotopic (exact) mass is 286 g/mol. The van der Waals surface area contributed by atoms with Gasteiger partial charge in [0, 0.05) is 18.4 Å². The highest BCUT2D eigenvalue weighted by Gasteiger charge is 2.48. The van der Waals surface area contributed by atoms with E-state index in [4.69, 9.17) is 0 Å². The molecule has 1 amide bonds. The van der Waals surface area contributed by atoms with E-state index >= 15 is 0 Å². The predicted octanol–water partition coefficient (Wildman–Crippen LogP) is 1.47. The molecule has 1 aliphatic rings. The molecule has 2 aromatic rings. The van der Waals surface area contributed by atoms with Crippen LogP contribution in [-0.4, -0.2) is 15.6 Å². The van der Waals surface area contributed by atoms with E-state index in [1.165, 1.54) is 0 Å². The van der Waals surface area contributed by atoms with Crippen LogP contribution in [0.2, 0.25) is 0 Å². The fourth-order valence-corrected chi connectivity index (χ4v) is 3.09. The van der Waals surface area contributed by atoms with Crippen molar-refractivity contribution in [1.29, 1.82) is 0 Å². The summed E-state index contributed by atoms with van der Waals surface area (Å²) in [5.41, 5.74) is -0.696. The van der Waals surface area contributed by atoms with Gasteiger partial charge in [0.05, 0.1) is 11.2 Å². The Morgan fingerprint density at radius 2 is 2.00 bits per heavy atom. The number of benzene rings is 1. The molecule has 2 N–H and O–H groups in total. The summed E-state index contributed by atoms with van der Waals surface area (Å²) in [5, 5.41) is 14.0. The maximum absolute atomic E-state index is 12.6. The second-order valence-electron chi connectivity index (χ2n) is 5.66. The number of para-hydroxylation sites is 1. The van der Waals surface area contributed by atoms with Crippen LogP contribution in [0.4, 0.5) is 0 Å². The molecule has 0 radical (unpaired) electrons.